The first-order chi connectivity index (χ1) is 15.5. The first-order valence-electron chi connectivity index (χ1n) is 13.7. The maximum atomic E-state index is 11.0. The second-order valence-corrected chi connectivity index (χ2v) is 11.6. The van der Waals surface area contributed by atoms with Gasteiger partial charge in [-0.3, -0.25) is 0 Å². The molecule has 0 saturated carbocycles. The Morgan fingerprint density at radius 2 is 1.33 bits per heavy atom. The smallest absolute Gasteiger partial charge is 0.122 e. The van der Waals surface area contributed by atoms with Gasteiger partial charge in [0.2, 0.25) is 0 Å². The number of aliphatic hydroxyl groups is 1. The Balaban J connectivity index is 2.40. The number of hydrogen-bond donors (Lipinski definition) is 3. The van der Waals surface area contributed by atoms with Gasteiger partial charge in [-0.05, 0) is 68.9 Å². The highest BCUT2D eigenvalue weighted by Crippen LogP contribution is 2.36. The lowest BCUT2D eigenvalue weighted by Crippen LogP contribution is -2.25. The summed E-state index contributed by atoms with van der Waals surface area (Å²) in [6, 6.07) is 1.65. The molecule has 0 heterocycles. The molecule has 3 heteroatoms. The minimum atomic E-state index is -0.750. The summed E-state index contributed by atoms with van der Waals surface area (Å²) in [6.07, 6.45) is 13.8. The monoisotopic (exact) mass is 462 g/mol. The second-order valence-electron chi connectivity index (χ2n) is 11.6. The second kappa shape index (κ2) is 14.9. The molecule has 0 bridgehead atoms. The van der Waals surface area contributed by atoms with Crippen molar-refractivity contribution in [1.82, 2.24) is 0 Å². The van der Waals surface area contributed by atoms with E-state index in [1.165, 1.54) is 38.5 Å². The molecule has 0 aliphatic carbocycles. The van der Waals surface area contributed by atoms with Gasteiger partial charge < -0.3 is 15.3 Å². The Morgan fingerprint density at radius 1 is 0.788 bits per heavy atom. The van der Waals surface area contributed by atoms with Gasteiger partial charge in [-0.1, -0.05) is 92.4 Å². The van der Waals surface area contributed by atoms with Crippen LogP contribution in [0, 0.1) is 24.7 Å². The van der Waals surface area contributed by atoms with Crippen molar-refractivity contribution < 1.29 is 15.3 Å². The van der Waals surface area contributed by atoms with Crippen LogP contribution in [0.4, 0.5) is 0 Å². The first-order valence-corrected chi connectivity index (χ1v) is 13.7. The van der Waals surface area contributed by atoms with Crippen LogP contribution in [-0.2, 0) is 12.8 Å². The number of hydrogen-bond acceptors (Lipinski definition) is 3. The van der Waals surface area contributed by atoms with E-state index < -0.39 is 5.60 Å². The molecular formula is C30H54O3. The van der Waals surface area contributed by atoms with E-state index in [9.17, 15) is 15.3 Å². The van der Waals surface area contributed by atoms with Gasteiger partial charge in [-0.25, -0.2) is 0 Å². The Labute approximate surface area is 205 Å². The van der Waals surface area contributed by atoms with E-state index in [0.717, 1.165) is 55.1 Å². The predicted molar refractivity (Wildman–Crippen MR) is 142 cm³/mol. The van der Waals surface area contributed by atoms with Gasteiger partial charge in [-0.15, -0.1) is 0 Å². The largest absolute Gasteiger partial charge is 0.508 e. The molecule has 1 unspecified atom stereocenters. The lowest BCUT2D eigenvalue weighted by molar-refractivity contribution is 0.0384. The van der Waals surface area contributed by atoms with E-state index in [-0.39, 0.29) is 11.5 Å². The zero-order chi connectivity index (χ0) is 25.0. The fourth-order valence-electron chi connectivity index (χ4n) is 5.02. The number of phenolic OH excluding ortho intramolecular Hbond substituents is 2. The van der Waals surface area contributed by atoms with Gasteiger partial charge in [0.05, 0.1) is 5.60 Å². The molecule has 0 aliphatic heterocycles. The van der Waals surface area contributed by atoms with E-state index in [1.54, 1.807) is 6.07 Å². The molecule has 1 aromatic rings. The van der Waals surface area contributed by atoms with Gasteiger partial charge >= 0.3 is 0 Å². The lowest BCUT2D eigenvalue weighted by Gasteiger charge is -2.25. The molecule has 3 N–H and O–H groups in total. The van der Waals surface area contributed by atoms with Crippen molar-refractivity contribution in [2.45, 2.75) is 138 Å². The first kappa shape index (κ1) is 29.8. The van der Waals surface area contributed by atoms with Crippen molar-refractivity contribution in [3.63, 3.8) is 0 Å². The summed E-state index contributed by atoms with van der Waals surface area (Å²) in [4.78, 5) is 0. The summed E-state index contributed by atoms with van der Waals surface area (Å²) in [5.74, 6) is 2.91. The quantitative estimate of drug-likeness (QED) is 0.203. The highest BCUT2D eigenvalue weighted by atomic mass is 16.3. The Hall–Kier alpha value is -1.22. The molecular weight excluding hydrogens is 408 g/mol. The lowest BCUT2D eigenvalue weighted by atomic mass is 9.86. The average Bonchev–Trinajstić information content (AvgIpc) is 2.71. The van der Waals surface area contributed by atoms with Crippen LogP contribution in [0.25, 0.3) is 0 Å². The van der Waals surface area contributed by atoms with E-state index in [0.29, 0.717) is 24.3 Å². The Bertz CT molecular complexity index is 678. The fraction of sp³-hybridized carbons (Fsp3) is 0.800. The van der Waals surface area contributed by atoms with Crippen LogP contribution >= 0.6 is 0 Å². The van der Waals surface area contributed by atoms with Crippen LogP contribution in [0.1, 0.15) is 129 Å². The number of phenols is 2. The molecule has 33 heavy (non-hydrogen) atoms. The summed E-state index contributed by atoms with van der Waals surface area (Å²) in [5.41, 5.74) is 1.60. The highest BCUT2D eigenvalue weighted by Gasteiger charge is 2.23. The molecule has 0 fully saturated rings. The molecule has 3 nitrogen and oxygen atoms in total. The van der Waals surface area contributed by atoms with Crippen molar-refractivity contribution in [1.29, 1.82) is 0 Å². The van der Waals surface area contributed by atoms with E-state index in [1.807, 2.05) is 13.8 Å². The normalized spacial score (nSPS) is 15.5. The van der Waals surface area contributed by atoms with Gasteiger partial charge in [-0.2, -0.15) is 0 Å². The summed E-state index contributed by atoms with van der Waals surface area (Å²) < 4.78 is 0. The van der Waals surface area contributed by atoms with Crippen molar-refractivity contribution in [3.8, 4) is 11.5 Å². The predicted octanol–water partition coefficient (Wildman–Crippen LogP) is 8.48. The van der Waals surface area contributed by atoms with E-state index in [2.05, 4.69) is 34.6 Å². The molecule has 1 rings (SSSR count). The Kier molecular flexibility index (Phi) is 13.5. The molecule has 0 saturated heterocycles. The van der Waals surface area contributed by atoms with E-state index in [4.69, 9.17) is 0 Å². The number of benzene rings is 1. The molecule has 0 aliphatic rings. The third-order valence-electron chi connectivity index (χ3n) is 7.38. The van der Waals surface area contributed by atoms with Gasteiger partial charge in [0.25, 0.3) is 0 Å². The third kappa shape index (κ3) is 11.7. The molecule has 3 atom stereocenters. The average molecular weight is 463 g/mol. The summed E-state index contributed by atoms with van der Waals surface area (Å²) >= 11 is 0. The summed E-state index contributed by atoms with van der Waals surface area (Å²) in [6.45, 7) is 15.2. The summed E-state index contributed by atoms with van der Waals surface area (Å²) in [5, 5.41) is 31.9. The number of rotatable bonds is 17. The van der Waals surface area contributed by atoms with Crippen molar-refractivity contribution in [3.05, 3.63) is 22.8 Å². The minimum absolute atomic E-state index is 0.268. The van der Waals surface area contributed by atoms with Crippen LogP contribution < -0.4 is 0 Å². The number of aromatic hydroxyl groups is 2. The van der Waals surface area contributed by atoms with Crippen molar-refractivity contribution in [2.24, 2.45) is 17.8 Å². The standard InChI is InChI=1S/C30H54O3/c1-8-12-26-27(29(32)25(6)21-28(26)31)18-20-30(7,33)19-11-17-24(5)16-10-15-23(4)14-9-13-22(2)3/h21-24,31-33H,8-20H2,1-7H3/t23-,24-,30?/m1/s1. The van der Waals surface area contributed by atoms with Crippen LogP contribution in [0.3, 0.4) is 0 Å². The molecule has 0 radical (unpaired) electrons. The van der Waals surface area contributed by atoms with Crippen LogP contribution in [-0.4, -0.2) is 20.9 Å². The zero-order valence-corrected chi connectivity index (χ0v) is 22.8. The van der Waals surface area contributed by atoms with Crippen molar-refractivity contribution in [2.75, 3.05) is 0 Å². The summed E-state index contributed by atoms with van der Waals surface area (Å²) in [7, 11) is 0. The van der Waals surface area contributed by atoms with Crippen LogP contribution in [0.2, 0.25) is 0 Å². The van der Waals surface area contributed by atoms with Crippen LogP contribution in [0.15, 0.2) is 6.07 Å². The van der Waals surface area contributed by atoms with E-state index >= 15 is 0 Å². The number of aryl methyl sites for hydroxylation is 1. The minimum Gasteiger partial charge on any atom is -0.508 e. The maximum Gasteiger partial charge on any atom is 0.122 e. The van der Waals surface area contributed by atoms with Gasteiger partial charge in [0, 0.05) is 11.1 Å². The fourth-order valence-corrected chi connectivity index (χ4v) is 5.02. The third-order valence-corrected chi connectivity index (χ3v) is 7.38. The maximum absolute atomic E-state index is 11.0. The highest BCUT2D eigenvalue weighted by molar-refractivity contribution is 5.52. The topological polar surface area (TPSA) is 60.7 Å². The van der Waals surface area contributed by atoms with Gasteiger partial charge in [0.1, 0.15) is 11.5 Å². The SMILES string of the molecule is CCCc1c(O)cc(C)c(O)c1CCC(C)(O)CCC[C@H](C)CCC[C@H](C)CCCC(C)C. The molecule has 1 aromatic carbocycles. The molecule has 0 amide bonds. The van der Waals surface area contributed by atoms with Crippen LogP contribution in [0.5, 0.6) is 11.5 Å². The Morgan fingerprint density at radius 3 is 1.88 bits per heavy atom. The van der Waals surface area contributed by atoms with Crippen molar-refractivity contribution >= 4 is 0 Å². The zero-order valence-electron chi connectivity index (χ0n) is 22.8. The molecule has 0 aromatic heterocycles. The molecule has 192 valence electrons. The molecule has 0 spiro atoms. The van der Waals surface area contributed by atoms with Gasteiger partial charge in [0.15, 0.2) is 0 Å².